The number of benzene rings is 1. The largest absolute Gasteiger partial charge is 0.357 e. The Balaban J connectivity index is 0.00000242. The van der Waals surface area contributed by atoms with Gasteiger partial charge in [-0.05, 0) is 52.7 Å². The van der Waals surface area contributed by atoms with Gasteiger partial charge in [-0.15, -0.1) is 35.3 Å². The number of hydrogen-bond acceptors (Lipinski definition) is 2. The Morgan fingerprint density at radius 3 is 2.73 bits per heavy atom. The van der Waals surface area contributed by atoms with Crippen molar-refractivity contribution in [2.24, 2.45) is 4.99 Å². The van der Waals surface area contributed by atoms with Crippen molar-refractivity contribution in [1.82, 2.24) is 10.6 Å². The average Bonchev–Trinajstić information content (AvgIpc) is 2.88. The summed E-state index contributed by atoms with van der Waals surface area (Å²) < 4.78 is 14.2. The topological polar surface area (TPSA) is 36.4 Å². The van der Waals surface area contributed by atoms with Crippen molar-refractivity contribution in [1.29, 1.82) is 0 Å². The molecule has 2 aromatic rings. The SMILES string of the molecule is CCNC(=NCc1cccc(F)c1)NCc1ccc(Br)s1.I. The van der Waals surface area contributed by atoms with Crippen LogP contribution in [0.25, 0.3) is 0 Å². The van der Waals surface area contributed by atoms with Crippen LogP contribution in [-0.2, 0) is 13.1 Å². The van der Waals surface area contributed by atoms with Gasteiger partial charge in [0.05, 0.1) is 16.9 Å². The van der Waals surface area contributed by atoms with Crippen LogP contribution in [0.15, 0.2) is 45.2 Å². The summed E-state index contributed by atoms with van der Waals surface area (Å²) >= 11 is 5.13. The van der Waals surface area contributed by atoms with Gasteiger partial charge in [0.15, 0.2) is 5.96 Å². The highest BCUT2D eigenvalue weighted by molar-refractivity contribution is 14.0. The number of hydrogen-bond donors (Lipinski definition) is 2. The molecule has 0 aliphatic rings. The van der Waals surface area contributed by atoms with E-state index < -0.39 is 0 Å². The zero-order valence-corrected chi connectivity index (χ0v) is 16.8. The molecule has 1 heterocycles. The van der Waals surface area contributed by atoms with Crippen LogP contribution in [0, 0.1) is 5.82 Å². The third-order valence-electron chi connectivity index (χ3n) is 2.71. The van der Waals surface area contributed by atoms with Gasteiger partial charge in [0, 0.05) is 11.4 Å². The van der Waals surface area contributed by atoms with Gasteiger partial charge in [0.1, 0.15) is 5.82 Å². The Morgan fingerprint density at radius 2 is 2.09 bits per heavy atom. The summed E-state index contributed by atoms with van der Waals surface area (Å²) in [6.07, 6.45) is 0. The molecular weight excluding hydrogens is 480 g/mol. The van der Waals surface area contributed by atoms with Crippen molar-refractivity contribution >= 4 is 57.2 Å². The summed E-state index contributed by atoms with van der Waals surface area (Å²) in [5.41, 5.74) is 0.853. The van der Waals surface area contributed by atoms with Crippen LogP contribution >= 0.6 is 51.2 Å². The van der Waals surface area contributed by atoms with Crippen molar-refractivity contribution in [3.63, 3.8) is 0 Å². The van der Waals surface area contributed by atoms with Crippen LogP contribution in [-0.4, -0.2) is 12.5 Å². The van der Waals surface area contributed by atoms with Gasteiger partial charge in [-0.2, -0.15) is 0 Å². The fraction of sp³-hybridized carbons (Fsp3) is 0.267. The lowest BCUT2D eigenvalue weighted by Gasteiger charge is -2.10. The molecule has 0 fully saturated rings. The highest BCUT2D eigenvalue weighted by Gasteiger charge is 2.01. The van der Waals surface area contributed by atoms with Gasteiger partial charge in [0.25, 0.3) is 0 Å². The minimum Gasteiger partial charge on any atom is -0.357 e. The Morgan fingerprint density at radius 1 is 1.27 bits per heavy atom. The smallest absolute Gasteiger partial charge is 0.191 e. The molecule has 120 valence electrons. The maximum Gasteiger partial charge on any atom is 0.191 e. The van der Waals surface area contributed by atoms with E-state index in [4.69, 9.17) is 0 Å². The number of halogens is 3. The van der Waals surface area contributed by atoms with Crippen LogP contribution in [0.2, 0.25) is 0 Å². The normalized spacial score (nSPS) is 11.0. The number of nitrogens with one attached hydrogen (secondary N) is 2. The molecule has 0 saturated carbocycles. The predicted octanol–water partition coefficient (Wildman–Crippen LogP) is 4.52. The number of aliphatic imine (C=N–C) groups is 1. The molecule has 0 amide bonds. The first-order valence-corrected chi connectivity index (χ1v) is 8.29. The fourth-order valence-electron chi connectivity index (χ4n) is 1.77. The van der Waals surface area contributed by atoms with Crippen LogP contribution in [0.4, 0.5) is 4.39 Å². The van der Waals surface area contributed by atoms with Crippen LogP contribution < -0.4 is 10.6 Å². The summed E-state index contributed by atoms with van der Waals surface area (Å²) in [6.45, 7) is 3.96. The molecule has 0 aliphatic carbocycles. The zero-order valence-electron chi connectivity index (χ0n) is 12.1. The van der Waals surface area contributed by atoms with Gasteiger partial charge in [0.2, 0.25) is 0 Å². The van der Waals surface area contributed by atoms with Gasteiger partial charge in [-0.3, -0.25) is 0 Å². The molecule has 0 saturated heterocycles. The number of thiophene rings is 1. The van der Waals surface area contributed by atoms with E-state index in [1.807, 2.05) is 19.1 Å². The monoisotopic (exact) mass is 497 g/mol. The predicted molar refractivity (Wildman–Crippen MR) is 105 cm³/mol. The molecule has 0 atom stereocenters. The fourth-order valence-corrected chi connectivity index (χ4v) is 3.19. The second kappa shape index (κ2) is 10.2. The Bertz CT molecular complexity index is 618. The summed E-state index contributed by atoms with van der Waals surface area (Å²) in [7, 11) is 0. The number of rotatable bonds is 5. The summed E-state index contributed by atoms with van der Waals surface area (Å²) in [6, 6.07) is 10.6. The molecule has 1 aromatic heterocycles. The van der Waals surface area contributed by atoms with E-state index in [2.05, 4.69) is 37.6 Å². The summed E-state index contributed by atoms with van der Waals surface area (Å²) in [5, 5.41) is 6.45. The van der Waals surface area contributed by atoms with E-state index in [9.17, 15) is 4.39 Å². The molecular formula is C15H18BrFIN3S. The van der Waals surface area contributed by atoms with Crippen LogP contribution in [0.1, 0.15) is 17.4 Å². The van der Waals surface area contributed by atoms with E-state index in [0.29, 0.717) is 13.1 Å². The summed E-state index contributed by atoms with van der Waals surface area (Å²) in [4.78, 5) is 5.69. The lowest BCUT2D eigenvalue weighted by atomic mass is 10.2. The molecule has 0 aliphatic heterocycles. The molecule has 3 nitrogen and oxygen atoms in total. The molecule has 0 bridgehead atoms. The van der Waals surface area contributed by atoms with Crippen molar-refractivity contribution in [2.75, 3.05) is 6.54 Å². The first-order valence-electron chi connectivity index (χ1n) is 6.68. The maximum atomic E-state index is 13.1. The van der Waals surface area contributed by atoms with Gasteiger partial charge >= 0.3 is 0 Å². The Hall–Kier alpha value is -0.670. The average molecular weight is 498 g/mol. The molecule has 0 radical (unpaired) electrons. The van der Waals surface area contributed by atoms with Gasteiger partial charge in [-0.25, -0.2) is 9.38 Å². The molecule has 2 N–H and O–H groups in total. The maximum absolute atomic E-state index is 13.1. The van der Waals surface area contributed by atoms with Crippen LogP contribution in [0.3, 0.4) is 0 Å². The molecule has 7 heteroatoms. The molecule has 22 heavy (non-hydrogen) atoms. The second-order valence-electron chi connectivity index (χ2n) is 4.38. The summed E-state index contributed by atoms with van der Waals surface area (Å²) in [5.74, 6) is 0.496. The van der Waals surface area contributed by atoms with Crippen molar-refractivity contribution in [3.8, 4) is 0 Å². The Labute approximate surface area is 159 Å². The quantitative estimate of drug-likeness (QED) is 0.362. The third kappa shape index (κ3) is 6.62. The van der Waals surface area contributed by atoms with Crippen molar-refractivity contribution in [3.05, 3.63) is 56.4 Å². The molecule has 0 spiro atoms. The van der Waals surface area contributed by atoms with E-state index in [1.54, 1.807) is 17.4 Å². The van der Waals surface area contributed by atoms with Gasteiger partial charge in [-0.1, -0.05) is 12.1 Å². The number of guanidine groups is 1. The molecule has 0 unspecified atom stereocenters. The number of nitrogens with zero attached hydrogens (tertiary/aromatic N) is 1. The second-order valence-corrected chi connectivity index (χ2v) is 6.93. The molecule has 1 aromatic carbocycles. The van der Waals surface area contributed by atoms with Crippen molar-refractivity contribution in [2.45, 2.75) is 20.0 Å². The minimum atomic E-state index is -0.232. The first kappa shape index (κ1) is 19.4. The van der Waals surface area contributed by atoms with Gasteiger partial charge < -0.3 is 10.6 Å². The highest BCUT2D eigenvalue weighted by Crippen LogP contribution is 2.21. The minimum absolute atomic E-state index is 0. The van der Waals surface area contributed by atoms with Crippen LogP contribution in [0.5, 0.6) is 0 Å². The van der Waals surface area contributed by atoms with E-state index in [1.165, 1.54) is 17.0 Å². The molecule has 2 rings (SSSR count). The zero-order chi connectivity index (χ0) is 15.1. The third-order valence-corrected chi connectivity index (χ3v) is 4.34. The first-order chi connectivity index (χ1) is 10.2. The van der Waals surface area contributed by atoms with Crippen molar-refractivity contribution < 1.29 is 4.39 Å². The standard InChI is InChI=1S/C15H17BrFN3S.HI/c1-2-18-15(20-10-13-6-7-14(16)21-13)19-9-11-4-3-5-12(17)8-11;/h3-8H,2,9-10H2,1H3,(H2,18,19,20);1H. The van der Waals surface area contributed by atoms with E-state index in [0.717, 1.165) is 21.9 Å². The lowest BCUT2D eigenvalue weighted by Crippen LogP contribution is -2.36. The van der Waals surface area contributed by atoms with E-state index >= 15 is 0 Å². The lowest BCUT2D eigenvalue weighted by molar-refractivity contribution is 0.625. The highest BCUT2D eigenvalue weighted by atomic mass is 127. The van der Waals surface area contributed by atoms with E-state index in [-0.39, 0.29) is 29.8 Å². The Kier molecular flexibility index (Phi) is 8.96.